The molecule has 98 valence electrons. The minimum atomic E-state index is -0.864. The summed E-state index contributed by atoms with van der Waals surface area (Å²) < 4.78 is 0.916. The van der Waals surface area contributed by atoms with Crippen LogP contribution in [0.5, 0.6) is 0 Å². The maximum absolute atomic E-state index is 11.1. The number of aliphatic carboxylic acids is 1. The highest BCUT2D eigenvalue weighted by molar-refractivity contribution is 9.10. The average molecular weight is 321 g/mol. The molecule has 0 spiro atoms. The van der Waals surface area contributed by atoms with Crippen molar-refractivity contribution in [2.75, 3.05) is 0 Å². The smallest absolute Gasteiger partial charge is 0.304 e. The number of halogens is 1. The number of hydrogen-bond acceptors (Lipinski definition) is 3. The molecule has 0 saturated carbocycles. The molecule has 0 aliphatic heterocycles. The maximum atomic E-state index is 11.1. The minimum Gasteiger partial charge on any atom is -0.481 e. The Bertz CT molecular complexity index is 587. The third kappa shape index (κ3) is 3.38. The van der Waals surface area contributed by atoms with Crippen LogP contribution >= 0.6 is 15.9 Å². The Morgan fingerprint density at radius 2 is 2.05 bits per heavy atom. The molecular weight excluding hydrogens is 308 g/mol. The van der Waals surface area contributed by atoms with Crippen LogP contribution < -0.4 is 0 Å². The molecule has 0 aliphatic rings. The Morgan fingerprint density at radius 1 is 1.37 bits per heavy atom. The molecule has 0 radical (unpaired) electrons. The molecular formula is C14H13BrN2O2. The van der Waals surface area contributed by atoms with Gasteiger partial charge in [-0.15, -0.1) is 0 Å². The van der Waals surface area contributed by atoms with Gasteiger partial charge in [0, 0.05) is 16.9 Å². The molecule has 1 aromatic heterocycles. The fraction of sp³-hybridized carbons (Fsp3) is 0.214. The van der Waals surface area contributed by atoms with Crippen molar-refractivity contribution in [2.45, 2.75) is 19.3 Å². The number of aryl methyl sites for hydroxylation is 1. The molecule has 1 unspecified atom stereocenters. The first-order valence-electron chi connectivity index (χ1n) is 5.82. The highest BCUT2D eigenvalue weighted by Gasteiger charge is 2.22. The zero-order valence-corrected chi connectivity index (χ0v) is 12.0. The molecule has 1 N–H and O–H groups in total. The van der Waals surface area contributed by atoms with E-state index in [1.165, 1.54) is 0 Å². The molecule has 0 fully saturated rings. The Hall–Kier alpha value is -1.75. The van der Waals surface area contributed by atoms with Gasteiger partial charge in [-0.25, -0.2) is 9.97 Å². The molecule has 1 atom stereocenters. The second kappa shape index (κ2) is 5.93. The van der Waals surface area contributed by atoms with Gasteiger partial charge in [-0.1, -0.05) is 22.0 Å². The van der Waals surface area contributed by atoms with Gasteiger partial charge in [0.1, 0.15) is 5.82 Å². The van der Waals surface area contributed by atoms with Crippen molar-refractivity contribution in [1.29, 1.82) is 0 Å². The Morgan fingerprint density at radius 3 is 2.68 bits per heavy atom. The van der Waals surface area contributed by atoms with Crippen molar-refractivity contribution >= 4 is 21.9 Å². The van der Waals surface area contributed by atoms with E-state index in [-0.39, 0.29) is 12.3 Å². The predicted molar refractivity (Wildman–Crippen MR) is 75.0 cm³/mol. The highest BCUT2D eigenvalue weighted by atomic mass is 79.9. The Kier molecular flexibility index (Phi) is 4.27. The summed E-state index contributed by atoms with van der Waals surface area (Å²) in [5.74, 6) is -0.667. The highest BCUT2D eigenvalue weighted by Crippen LogP contribution is 2.30. The molecule has 1 aromatic carbocycles. The lowest BCUT2D eigenvalue weighted by molar-refractivity contribution is -0.137. The summed E-state index contributed by atoms with van der Waals surface area (Å²) in [7, 11) is 0. The van der Waals surface area contributed by atoms with E-state index in [1.54, 1.807) is 18.5 Å². The first-order valence-corrected chi connectivity index (χ1v) is 6.62. The third-order valence-corrected chi connectivity index (χ3v) is 3.39. The lowest BCUT2D eigenvalue weighted by atomic mass is 9.91. The van der Waals surface area contributed by atoms with E-state index in [1.807, 2.05) is 25.1 Å². The summed E-state index contributed by atoms with van der Waals surface area (Å²) in [6, 6.07) is 7.54. The van der Waals surface area contributed by atoms with Gasteiger partial charge in [0.15, 0.2) is 0 Å². The largest absolute Gasteiger partial charge is 0.481 e. The quantitative estimate of drug-likeness (QED) is 0.939. The summed E-state index contributed by atoms with van der Waals surface area (Å²) in [6.07, 6.45) is 3.23. The zero-order valence-electron chi connectivity index (χ0n) is 10.4. The number of benzene rings is 1. The van der Waals surface area contributed by atoms with E-state index in [0.29, 0.717) is 5.82 Å². The lowest BCUT2D eigenvalue weighted by Crippen LogP contribution is -2.12. The second-order valence-electron chi connectivity index (χ2n) is 4.26. The maximum Gasteiger partial charge on any atom is 0.304 e. The van der Waals surface area contributed by atoms with E-state index in [9.17, 15) is 4.79 Å². The normalized spacial score (nSPS) is 12.1. The van der Waals surface area contributed by atoms with Gasteiger partial charge in [0.2, 0.25) is 0 Å². The summed E-state index contributed by atoms with van der Waals surface area (Å²) in [5, 5.41) is 9.10. The van der Waals surface area contributed by atoms with Crippen LogP contribution in [0, 0.1) is 6.92 Å². The molecule has 0 saturated heterocycles. The summed E-state index contributed by atoms with van der Waals surface area (Å²) in [4.78, 5) is 19.5. The van der Waals surface area contributed by atoms with Gasteiger partial charge < -0.3 is 5.11 Å². The van der Waals surface area contributed by atoms with E-state index in [0.717, 1.165) is 15.6 Å². The SMILES string of the molecule is Cc1ccc(Br)cc1C(CC(=O)O)c1ncccn1. The van der Waals surface area contributed by atoms with Crippen LogP contribution in [0.3, 0.4) is 0 Å². The molecule has 4 nitrogen and oxygen atoms in total. The molecule has 2 rings (SSSR count). The monoisotopic (exact) mass is 320 g/mol. The van der Waals surface area contributed by atoms with Crippen LogP contribution in [0.25, 0.3) is 0 Å². The number of carboxylic acid groups (broad SMARTS) is 1. The molecule has 1 heterocycles. The van der Waals surface area contributed by atoms with Crippen LogP contribution in [-0.2, 0) is 4.79 Å². The lowest BCUT2D eigenvalue weighted by Gasteiger charge is -2.16. The van der Waals surface area contributed by atoms with Crippen molar-refractivity contribution < 1.29 is 9.90 Å². The predicted octanol–water partition coefficient (Wildman–Crippen LogP) is 3.15. The first-order chi connectivity index (χ1) is 9.08. The van der Waals surface area contributed by atoms with Crippen molar-refractivity contribution in [3.8, 4) is 0 Å². The summed E-state index contributed by atoms with van der Waals surface area (Å²) in [5.41, 5.74) is 1.96. The van der Waals surface area contributed by atoms with E-state index in [4.69, 9.17) is 5.11 Å². The second-order valence-corrected chi connectivity index (χ2v) is 5.17. The van der Waals surface area contributed by atoms with Crippen molar-refractivity contribution in [1.82, 2.24) is 9.97 Å². The van der Waals surface area contributed by atoms with Crippen LogP contribution in [0.15, 0.2) is 41.1 Å². The summed E-state index contributed by atoms with van der Waals surface area (Å²) in [6.45, 7) is 1.96. The number of rotatable bonds is 4. The standard InChI is InChI=1S/C14H13BrN2O2/c1-9-3-4-10(15)7-11(9)12(8-13(18)19)14-16-5-2-6-17-14/h2-7,12H,8H2,1H3,(H,18,19). The molecule has 0 aliphatic carbocycles. The van der Waals surface area contributed by atoms with Crippen molar-refractivity contribution in [2.24, 2.45) is 0 Å². The van der Waals surface area contributed by atoms with Crippen LogP contribution in [0.1, 0.15) is 29.3 Å². The van der Waals surface area contributed by atoms with Gasteiger partial charge >= 0.3 is 5.97 Å². The zero-order chi connectivity index (χ0) is 13.8. The molecule has 19 heavy (non-hydrogen) atoms. The Labute approximate surface area is 119 Å². The van der Waals surface area contributed by atoms with Gasteiger partial charge in [-0.05, 0) is 36.2 Å². The van der Waals surface area contributed by atoms with Crippen LogP contribution in [0.4, 0.5) is 0 Å². The van der Waals surface area contributed by atoms with Crippen LogP contribution in [-0.4, -0.2) is 21.0 Å². The molecule has 0 amide bonds. The molecule has 0 bridgehead atoms. The van der Waals surface area contributed by atoms with Crippen molar-refractivity contribution in [3.63, 3.8) is 0 Å². The number of nitrogens with zero attached hydrogens (tertiary/aromatic N) is 2. The number of aromatic nitrogens is 2. The van der Waals surface area contributed by atoms with Crippen LogP contribution in [0.2, 0.25) is 0 Å². The number of hydrogen-bond donors (Lipinski definition) is 1. The number of carboxylic acids is 1. The minimum absolute atomic E-state index is 0.0265. The Balaban J connectivity index is 2.48. The molecule has 2 aromatic rings. The van der Waals surface area contributed by atoms with Gasteiger partial charge in [-0.3, -0.25) is 4.79 Å². The fourth-order valence-electron chi connectivity index (χ4n) is 1.99. The number of carbonyl (C=O) groups is 1. The van der Waals surface area contributed by atoms with Crippen molar-refractivity contribution in [3.05, 3.63) is 58.1 Å². The van der Waals surface area contributed by atoms with E-state index >= 15 is 0 Å². The van der Waals surface area contributed by atoms with E-state index in [2.05, 4.69) is 25.9 Å². The summed E-state index contributed by atoms with van der Waals surface area (Å²) >= 11 is 3.42. The van der Waals surface area contributed by atoms with E-state index < -0.39 is 5.97 Å². The molecule has 5 heteroatoms. The average Bonchev–Trinajstić information content (AvgIpc) is 2.40. The first kappa shape index (κ1) is 13.7. The van der Waals surface area contributed by atoms with Gasteiger partial charge in [-0.2, -0.15) is 0 Å². The van der Waals surface area contributed by atoms with Gasteiger partial charge in [0.25, 0.3) is 0 Å². The topological polar surface area (TPSA) is 63.1 Å². The fourth-order valence-corrected chi connectivity index (χ4v) is 2.37. The third-order valence-electron chi connectivity index (χ3n) is 2.89. The van der Waals surface area contributed by atoms with Gasteiger partial charge in [0.05, 0.1) is 12.3 Å².